The lowest BCUT2D eigenvalue weighted by molar-refractivity contribution is -0.137. The molecule has 0 bridgehead atoms. The summed E-state index contributed by atoms with van der Waals surface area (Å²) in [5, 5.41) is 10.7. The molecule has 42 heavy (non-hydrogen) atoms. The highest BCUT2D eigenvalue weighted by molar-refractivity contribution is 7.98. The Morgan fingerprint density at radius 3 is 2.14 bits per heavy atom. The van der Waals surface area contributed by atoms with Crippen LogP contribution in [-0.4, -0.2) is 66.6 Å². The van der Waals surface area contributed by atoms with E-state index >= 15 is 0 Å². The van der Waals surface area contributed by atoms with Gasteiger partial charge in [0.1, 0.15) is 0 Å². The second-order valence-electron chi connectivity index (χ2n) is 10.3. The van der Waals surface area contributed by atoms with Crippen molar-refractivity contribution < 1.29 is 32.3 Å². The third-order valence-corrected chi connectivity index (χ3v) is 8.16. The van der Waals surface area contributed by atoms with Crippen molar-refractivity contribution in [3.63, 3.8) is 0 Å². The number of nitrogens with one attached hydrogen (secondary N) is 4. The minimum atomic E-state index is -4.71. The number of anilines is 1. The number of nitrogens with zero attached hydrogens (tertiary/aromatic N) is 1. The number of rotatable bonds is 8. The van der Waals surface area contributed by atoms with Crippen LogP contribution < -0.4 is 21.3 Å². The van der Waals surface area contributed by atoms with E-state index in [1.807, 2.05) is 18.4 Å². The van der Waals surface area contributed by atoms with Gasteiger partial charge >= 0.3 is 12.2 Å². The minimum absolute atomic E-state index is 0.0848. The third kappa shape index (κ3) is 8.17. The quantitative estimate of drug-likeness (QED) is 0.327. The van der Waals surface area contributed by atoms with Crippen LogP contribution in [0.2, 0.25) is 0 Å². The van der Waals surface area contributed by atoms with E-state index in [1.165, 1.54) is 4.90 Å². The second kappa shape index (κ2) is 14.0. The number of thioether (sulfide) groups is 1. The Labute approximate surface area is 246 Å². The Balaban J connectivity index is 1.38. The summed E-state index contributed by atoms with van der Waals surface area (Å²) >= 11 is 1.57. The summed E-state index contributed by atoms with van der Waals surface area (Å²) in [6, 6.07) is 8.48. The van der Waals surface area contributed by atoms with Gasteiger partial charge in [0.25, 0.3) is 11.8 Å². The number of benzene rings is 2. The Bertz CT molecular complexity index is 1300. The summed E-state index contributed by atoms with van der Waals surface area (Å²) in [6.07, 6.45) is 1.88. The molecule has 2 aliphatic rings. The Morgan fingerprint density at radius 2 is 1.52 bits per heavy atom. The zero-order chi connectivity index (χ0) is 30.3. The molecule has 1 aliphatic heterocycles. The van der Waals surface area contributed by atoms with E-state index < -0.39 is 41.7 Å². The predicted molar refractivity (Wildman–Crippen MR) is 153 cm³/mol. The number of likely N-dealkylation sites (tertiary alicyclic amines) is 1. The maximum Gasteiger partial charge on any atom is 0.416 e. The number of alkyl halides is 3. The van der Waals surface area contributed by atoms with Gasteiger partial charge in [-0.05, 0) is 74.4 Å². The lowest BCUT2D eigenvalue weighted by atomic mass is 9.90. The second-order valence-corrected chi connectivity index (χ2v) is 11.2. The fourth-order valence-corrected chi connectivity index (χ4v) is 5.52. The molecule has 4 N–H and O–H groups in total. The number of carbonyl (C=O) groups excluding carboxylic acids is 4. The molecule has 5 amide bonds. The van der Waals surface area contributed by atoms with Crippen molar-refractivity contribution in [3.05, 3.63) is 59.2 Å². The first-order valence-electron chi connectivity index (χ1n) is 13.8. The van der Waals surface area contributed by atoms with Gasteiger partial charge < -0.3 is 26.2 Å². The van der Waals surface area contributed by atoms with E-state index in [0.717, 1.165) is 42.7 Å². The standard InChI is InChI=1S/C29H34F3N5O4S/c1-42-20-11-8-18(9-12-20)26(39)35-24-7-3-2-6-23(24)34-25(38)17-33-27(40)21-16-19(29(30,31)32)10-13-22(21)36-28(41)37-14-4-5-15-37/h8-13,16,23-24H,2-7,14-15,17H2,1H3,(H,33,40)(H,34,38)(H,35,39)(H,36,41). The first-order valence-corrected chi connectivity index (χ1v) is 15.1. The lowest BCUT2D eigenvalue weighted by Crippen LogP contribution is -2.54. The van der Waals surface area contributed by atoms with Crippen LogP contribution in [0, 0.1) is 0 Å². The van der Waals surface area contributed by atoms with Gasteiger partial charge in [-0.25, -0.2) is 4.79 Å². The molecule has 226 valence electrons. The SMILES string of the molecule is CSc1ccc(C(=O)NC2CCCCC2NC(=O)CNC(=O)c2cc(C(F)(F)F)ccc2NC(=O)N2CCCC2)cc1. The molecule has 2 fully saturated rings. The van der Waals surface area contributed by atoms with Gasteiger partial charge in [0.15, 0.2) is 0 Å². The molecular formula is C29H34F3N5O4S. The molecule has 2 unspecified atom stereocenters. The van der Waals surface area contributed by atoms with E-state index in [2.05, 4.69) is 21.3 Å². The highest BCUT2D eigenvalue weighted by Gasteiger charge is 2.33. The van der Waals surface area contributed by atoms with E-state index in [9.17, 15) is 32.3 Å². The van der Waals surface area contributed by atoms with Crippen molar-refractivity contribution in [2.75, 3.05) is 31.2 Å². The topological polar surface area (TPSA) is 120 Å². The molecule has 9 nitrogen and oxygen atoms in total. The van der Waals surface area contributed by atoms with E-state index in [1.54, 1.807) is 23.9 Å². The van der Waals surface area contributed by atoms with Gasteiger partial charge in [0, 0.05) is 35.6 Å². The van der Waals surface area contributed by atoms with Crippen molar-refractivity contribution in [1.29, 1.82) is 0 Å². The molecule has 0 aromatic heterocycles. The number of carbonyl (C=O) groups is 4. The van der Waals surface area contributed by atoms with Gasteiger partial charge in [-0.2, -0.15) is 13.2 Å². The average Bonchev–Trinajstić information content (AvgIpc) is 3.52. The molecule has 2 aromatic rings. The van der Waals surface area contributed by atoms with Crippen molar-refractivity contribution in [3.8, 4) is 0 Å². The predicted octanol–water partition coefficient (Wildman–Crippen LogP) is 4.64. The van der Waals surface area contributed by atoms with Gasteiger partial charge in [0.2, 0.25) is 5.91 Å². The van der Waals surface area contributed by atoms with E-state index in [0.29, 0.717) is 37.6 Å². The zero-order valence-corrected chi connectivity index (χ0v) is 24.0. The lowest BCUT2D eigenvalue weighted by Gasteiger charge is -2.33. The van der Waals surface area contributed by atoms with Crippen molar-refractivity contribution in [1.82, 2.24) is 20.9 Å². The Morgan fingerprint density at radius 1 is 0.881 bits per heavy atom. The molecule has 4 rings (SSSR count). The largest absolute Gasteiger partial charge is 0.416 e. The molecule has 1 saturated carbocycles. The van der Waals surface area contributed by atoms with Crippen molar-refractivity contribution in [2.45, 2.75) is 61.7 Å². The van der Waals surface area contributed by atoms with Crippen LogP contribution in [0.15, 0.2) is 47.4 Å². The van der Waals surface area contributed by atoms with Crippen LogP contribution >= 0.6 is 11.8 Å². The average molecular weight is 606 g/mol. The Hall–Kier alpha value is -3.74. The number of amides is 5. The summed E-state index contributed by atoms with van der Waals surface area (Å²) in [7, 11) is 0. The number of hydrogen-bond acceptors (Lipinski definition) is 5. The highest BCUT2D eigenvalue weighted by Crippen LogP contribution is 2.32. The Kier molecular flexibility index (Phi) is 10.4. The third-order valence-electron chi connectivity index (χ3n) is 7.42. The van der Waals surface area contributed by atoms with E-state index in [-0.39, 0.29) is 23.7 Å². The van der Waals surface area contributed by atoms with Gasteiger partial charge in [-0.3, -0.25) is 14.4 Å². The maximum atomic E-state index is 13.4. The number of halogens is 3. The molecular weight excluding hydrogens is 571 g/mol. The summed E-state index contributed by atoms with van der Waals surface area (Å²) in [6.45, 7) is 0.532. The van der Waals surface area contributed by atoms with Crippen LogP contribution in [0.25, 0.3) is 0 Å². The smallest absolute Gasteiger partial charge is 0.350 e. The van der Waals surface area contributed by atoms with Crippen molar-refractivity contribution >= 4 is 41.2 Å². The molecule has 2 atom stereocenters. The highest BCUT2D eigenvalue weighted by atomic mass is 32.2. The van der Waals surface area contributed by atoms with Crippen LogP contribution in [0.1, 0.15) is 64.8 Å². The molecule has 1 aliphatic carbocycles. The first-order chi connectivity index (χ1) is 20.0. The monoisotopic (exact) mass is 605 g/mol. The van der Waals surface area contributed by atoms with Gasteiger partial charge in [0.05, 0.1) is 23.4 Å². The molecule has 0 spiro atoms. The first kappa shape index (κ1) is 31.2. The van der Waals surface area contributed by atoms with Crippen molar-refractivity contribution in [2.24, 2.45) is 0 Å². The molecule has 0 radical (unpaired) electrons. The van der Waals surface area contributed by atoms with Gasteiger partial charge in [-0.1, -0.05) is 12.8 Å². The normalized spacial score (nSPS) is 18.7. The maximum absolute atomic E-state index is 13.4. The summed E-state index contributed by atoms with van der Waals surface area (Å²) in [5.74, 6) is -1.74. The van der Waals surface area contributed by atoms with E-state index in [4.69, 9.17) is 0 Å². The molecule has 13 heteroatoms. The number of hydrogen-bond donors (Lipinski definition) is 4. The molecule has 1 heterocycles. The molecule has 2 aromatic carbocycles. The summed E-state index contributed by atoms with van der Waals surface area (Å²) in [5.41, 5.74) is -1.04. The fourth-order valence-electron chi connectivity index (χ4n) is 5.12. The summed E-state index contributed by atoms with van der Waals surface area (Å²) < 4.78 is 40.2. The number of urea groups is 1. The van der Waals surface area contributed by atoms with Crippen LogP contribution in [0.4, 0.5) is 23.7 Å². The van der Waals surface area contributed by atoms with Crippen LogP contribution in [-0.2, 0) is 11.0 Å². The summed E-state index contributed by atoms with van der Waals surface area (Å²) in [4.78, 5) is 53.7. The van der Waals surface area contributed by atoms with Crippen LogP contribution in [0.5, 0.6) is 0 Å². The van der Waals surface area contributed by atoms with Gasteiger partial charge in [-0.15, -0.1) is 11.8 Å². The minimum Gasteiger partial charge on any atom is -0.350 e. The van der Waals surface area contributed by atoms with Crippen LogP contribution in [0.3, 0.4) is 0 Å². The fraction of sp³-hybridized carbons (Fsp3) is 0.448. The molecule has 1 saturated heterocycles. The zero-order valence-electron chi connectivity index (χ0n) is 23.2.